The lowest BCUT2D eigenvalue weighted by molar-refractivity contribution is -0.152. The standard InChI is InChI=1S/C34H49N5O4/c1-4-5-6-29-32(41)39(23-26-9-19-43-20-10-26)18-13-34(29)11-16-37(17-12-34)28-7-14-38(15-8-28)33(42)31(40)30-24(2)21-27(22-35)36-25(30)3/h21,26,28-29H,4-20,23H2,1-3H3. The van der Waals surface area contributed by atoms with Gasteiger partial charge < -0.3 is 19.4 Å². The van der Waals surface area contributed by atoms with Crippen molar-refractivity contribution in [2.24, 2.45) is 17.3 Å². The van der Waals surface area contributed by atoms with Gasteiger partial charge in [-0.2, -0.15) is 5.26 Å². The summed E-state index contributed by atoms with van der Waals surface area (Å²) in [5, 5.41) is 9.16. The summed E-state index contributed by atoms with van der Waals surface area (Å²) < 4.78 is 5.55. The third kappa shape index (κ3) is 6.81. The minimum Gasteiger partial charge on any atom is -0.381 e. The molecule has 9 heteroatoms. The number of pyridine rings is 1. The summed E-state index contributed by atoms with van der Waals surface area (Å²) in [6.45, 7) is 12.2. The summed E-state index contributed by atoms with van der Waals surface area (Å²) in [4.78, 5) is 50.9. The fourth-order valence-electron chi connectivity index (χ4n) is 8.23. The lowest BCUT2D eigenvalue weighted by atomic mass is 9.62. The molecule has 1 atom stereocenters. The molecule has 1 aromatic heterocycles. The second-order valence-electron chi connectivity index (χ2n) is 13.4. The van der Waals surface area contributed by atoms with Crippen LogP contribution in [0.4, 0.5) is 0 Å². The van der Waals surface area contributed by atoms with Gasteiger partial charge in [0.15, 0.2) is 0 Å². The second-order valence-corrected chi connectivity index (χ2v) is 13.4. The van der Waals surface area contributed by atoms with Crippen LogP contribution in [-0.2, 0) is 14.3 Å². The zero-order chi connectivity index (χ0) is 30.6. The number of hydrogen-bond donors (Lipinski definition) is 0. The molecule has 5 heterocycles. The molecule has 4 aliphatic rings. The Hall–Kier alpha value is -2.83. The first kappa shape index (κ1) is 31.6. The smallest absolute Gasteiger partial charge is 0.295 e. The largest absolute Gasteiger partial charge is 0.381 e. The molecule has 0 radical (unpaired) electrons. The van der Waals surface area contributed by atoms with Crippen molar-refractivity contribution in [3.05, 3.63) is 28.6 Å². The molecule has 4 aliphatic heterocycles. The summed E-state index contributed by atoms with van der Waals surface area (Å²) in [6.07, 6.45) is 10.3. The lowest BCUT2D eigenvalue weighted by Gasteiger charge is -2.53. The summed E-state index contributed by atoms with van der Waals surface area (Å²) in [6, 6.07) is 3.97. The SMILES string of the molecule is CCCCC1C(=O)N(CC2CCOCC2)CCC12CCN(C1CCN(C(=O)C(=O)c3c(C)cc(C#N)nc3C)CC1)CC2. The van der Waals surface area contributed by atoms with E-state index < -0.39 is 11.7 Å². The van der Waals surface area contributed by atoms with Gasteiger partial charge in [-0.05, 0) is 101 Å². The van der Waals surface area contributed by atoms with E-state index in [2.05, 4.69) is 21.7 Å². The molecule has 4 saturated heterocycles. The molecule has 234 valence electrons. The van der Waals surface area contributed by atoms with Crippen LogP contribution in [0, 0.1) is 42.4 Å². The van der Waals surface area contributed by atoms with E-state index in [1.165, 1.54) is 0 Å². The van der Waals surface area contributed by atoms with Crippen molar-refractivity contribution < 1.29 is 19.1 Å². The van der Waals surface area contributed by atoms with Gasteiger partial charge in [-0.25, -0.2) is 4.98 Å². The Morgan fingerprint density at radius 2 is 1.72 bits per heavy atom. The number of likely N-dealkylation sites (tertiary alicyclic amines) is 3. The average Bonchev–Trinajstić information content (AvgIpc) is 3.02. The first-order chi connectivity index (χ1) is 20.8. The molecule has 5 rings (SSSR count). The number of rotatable bonds is 8. The summed E-state index contributed by atoms with van der Waals surface area (Å²) >= 11 is 0. The van der Waals surface area contributed by atoms with Crippen molar-refractivity contribution in [2.45, 2.75) is 91.0 Å². The molecule has 1 spiro atoms. The normalized spacial score (nSPS) is 23.9. The molecule has 0 aliphatic carbocycles. The third-order valence-corrected chi connectivity index (χ3v) is 10.9. The first-order valence-corrected chi connectivity index (χ1v) is 16.6. The van der Waals surface area contributed by atoms with Gasteiger partial charge in [-0.1, -0.05) is 19.8 Å². The number of aromatic nitrogens is 1. The maximum atomic E-state index is 13.9. The maximum Gasteiger partial charge on any atom is 0.295 e. The predicted molar refractivity (Wildman–Crippen MR) is 163 cm³/mol. The molecule has 1 aromatic rings. The second kappa shape index (κ2) is 13.9. The Labute approximate surface area is 256 Å². The van der Waals surface area contributed by atoms with Crippen LogP contribution in [0.5, 0.6) is 0 Å². The van der Waals surface area contributed by atoms with E-state index in [1.54, 1.807) is 24.8 Å². The fraction of sp³-hybridized carbons (Fsp3) is 0.735. The van der Waals surface area contributed by atoms with Crippen molar-refractivity contribution in [2.75, 3.05) is 52.5 Å². The van der Waals surface area contributed by atoms with E-state index in [4.69, 9.17) is 10.00 Å². The topological polar surface area (TPSA) is 107 Å². The number of carbonyl (C=O) groups excluding carboxylic acids is 3. The molecule has 2 amide bonds. The zero-order valence-electron chi connectivity index (χ0n) is 26.4. The molecular weight excluding hydrogens is 542 g/mol. The number of nitriles is 1. The van der Waals surface area contributed by atoms with E-state index in [-0.39, 0.29) is 17.0 Å². The molecule has 0 aromatic carbocycles. The van der Waals surface area contributed by atoms with Crippen LogP contribution in [0.3, 0.4) is 0 Å². The van der Waals surface area contributed by atoms with E-state index in [1.807, 2.05) is 6.07 Å². The number of carbonyl (C=O) groups is 3. The summed E-state index contributed by atoms with van der Waals surface area (Å²) in [5.74, 6) is 0.105. The molecule has 0 N–H and O–H groups in total. The Bertz CT molecular complexity index is 1200. The molecule has 43 heavy (non-hydrogen) atoms. The molecule has 0 saturated carbocycles. The lowest BCUT2D eigenvalue weighted by Crippen LogP contribution is -2.58. The number of aryl methyl sites for hydroxylation is 2. The van der Waals surface area contributed by atoms with E-state index in [0.717, 1.165) is 104 Å². The van der Waals surface area contributed by atoms with Crippen LogP contribution in [0.25, 0.3) is 0 Å². The minimum atomic E-state index is -0.531. The quantitative estimate of drug-likeness (QED) is 0.328. The molecular formula is C34H49N5O4. The van der Waals surface area contributed by atoms with Gasteiger partial charge in [0.05, 0.1) is 11.3 Å². The van der Waals surface area contributed by atoms with Crippen molar-refractivity contribution >= 4 is 17.6 Å². The van der Waals surface area contributed by atoms with Gasteiger partial charge >= 0.3 is 0 Å². The number of Topliss-reactive ketones (excluding diaryl/α,β-unsaturated/α-hetero) is 1. The highest BCUT2D eigenvalue weighted by Crippen LogP contribution is 2.48. The predicted octanol–water partition coefficient (Wildman–Crippen LogP) is 4.29. The van der Waals surface area contributed by atoms with Gasteiger partial charge in [0.1, 0.15) is 11.8 Å². The van der Waals surface area contributed by atoms with Crippen LogP contribution in [0.1, 0.15) is 98.4 Å². The number of hydrogen-bond acceptors (Lipinski definition) is 7. The Morgan fingerprint density at radius 1 is 1.05 bits per heavy atom. The Kier molecular flexibility index (Phi) is 10.2. The number of ether oxygens (including phenoxy) is 1. The number of piperidine rings is 3. The highest BCUT2D eigenvalue weighted by Gasteiger charge is 2.49. The number of amides is 2. The van der Waals surface area contributed by atoms with Gasteiger partial charge in [-0.3, -0.25) is 14.4 Å². The van der Waals surface area contributed by atoms with Crippen molar-refractivity contribution in [1.82, 2.24) is 19.7 Å². The van der Waals surface area contributed by atoms with Crippen molar-refractivity contribution in [3.63, 3.8) is 0 Å². The van der Waals surface area contributed by atoms with Crippen molar-refractivity contribution in [3.8, 4) is 6.07 Å². The first-order valence-electron chi connectivity index (χ1n) is 16.6. The number of unbranched alkanes of at least 4 members (excludes halogenated alkanes) is 1. The summed E-state index contributed by atoms with van der Waals surface area (Å²) in [7, 11) is 0. The minimum absolute atomic E-state index is 0.114. The molecule has 4 fully saturated rings. The third-order valence-electron chi connectivity index (χ3n) is 10.9. The average molecular weight is 592 g/mol. The van der Waals surface area contributed by atoms with Crippen LogP contribution >= 0.6 is 0 Å². The Balaban J connectivity index is 1.15. The van der Waals surface area contributed by atoms with Gasteiger partial charge in [0.25, 0.3) is 11.7 Å². The van der Waals surface area contributed by atoms with Crippen LogP contribution in [0.15, 0.2) is 6.07 Å². The van der Waals surface area contributed by atoms with E-state index in [0.29, 0.717) is 47.8 Å². The van der Waals surface area contributed by atoms with Gasteiger partial charge in [0.2, 0.25) is 5.91 Å². The Morgan fingerprint density at radius 3 is 2.35 bits per heavy atom. The zero-order valence-corrected chi connectivity index (χ0v) is 26.4. The maximum absolute atomic E-state index is 13.9. The van der Waals surface area contributed by atoms with Crippen LogP contribution < -0.4 is 0 Å². The highest BCUT2D eigenvalue weighted by molar-refractivity contribution is 6.43. The number of nitrogens with zero attached hydrogens (tertiary/aromatic N) is 5. The van der Waals surface area contributed by atoms with E-state index in [9.17, 15) is 14.4 Å². The van der Waals surface area contributed by atoms with Crippen LogP contribution in [-0.4, -0.2) is 95.8 Å². The molecule has 9 nitrogen and oxygen atoms in total. The van der Waals surface area contributed by atoms with Crippen LogP contribution in [0.2, 0.25) is 0 Å². The molecule has 0 bridgehead atoms. The number of ketones is 1. The summed E-state index contributed by atoms with van der Waals surface area (Å²) in [5.41, 5.74) is 1.73. The van der Waals surface area contributed by atoms with Gasteiger partial charge in [0, 0.05) is 51.4 Å². The van der Waals surface area contributed by atoms with Crippen molar-refractivity contribution in [1.29, 1.82) is 5.26 Å². The van der Waals surface area contributed by atoms with Gasteiger partial charge in [-0.15, -0.1) is 0 Å². The monoisotopic (exact) mass is 591 g/mol. The van der Waals surface area contributed by atoms with E-state index >= 15 is 0 Å². The molecule has 1 unspecified atom stereocenters. The fourth-order valence-corrected chi connectivity index (χ4v) is 8.23. The highest BCUT2D eigenvalue weighted by atomic mass is 16.5.